The lowest BCUT2D eigenvalue weighted by molar-refractivity contribution is 0.362. The van der Waals surface area contributed by atoms with Gasteiger partial charge in [0.05, 0.1) is 0 Å². The second-order valence-electron chi connectivity index (χ2n) is 4.13. The van der Waals surface area contributed by atoms with Gasteiger partial charge in [-0.3, -0.25) is 0 Å². The molecule has 1 aromatic carbocycles. The number of nitrogens with one attached hydrogen (secondary N) is 1. The zero-order valence-electron chi connectivity index (χ0n) is 8.74. The first kappa shape index (κ1) is 9.72. The summed E-state index contributed by atoms with van der Waals surface area (Å²) in [4.78, 5) is 0. The highest BCUT2D eigenvalue weighted by Gasteiger charge is 2.20. The molecular weight excluding hydrogens is 170 g/mol. The quantitative estimate of drug-likeness (QED) is 0.751. The van der Waals surface area contributed by atoms with Crippen molar-refractivity contribution in [2.75, 3.05) is 6.54 Å². The molecule has 1 fully saturated rings. The van der Waals surface area contributed by atoms with Crippen LogP contribution in [0, 0.1) is 12.3 Å². The fourth-order valence-electron chi connectivity index (χ4n) is 2.09. The minimum atomic E-state index is 0.631. The predicted molar refractivity (Wildman–Crippen MR) is 60.0 cm³/mol. The van der Waals surface area contributed by atoms with E-state index in [1.165, 1.54) is 12.0 Å². The number of hydrogen-bond acceptors (Lipinski definition) is 1. The maximum absolute atomic E-state index is 3.59. The topological polar surface area (TPSA) is 12.0 Å². The van der Waals surface area contributed by atoms with Gasteiger partial charge in [0, 0.05) is 6.04 Å². The molecule has 2 unspecified atom stereocenters. The highest BCUT2D eigenvalue weighted by Crippen LogP contribution is 2.17. The average molecular weight is 188 g/mol. The number of piperidine rings is 1. The maximum Gasteiger partial charge on any atom is 0.0136 e. The molecule has 0 saturated carbocycles. The van der Waals surface area contributed by atoms with Crippen LogP contribution in [0.25, 0.3) is 0 Å². The van der Waals surface area contributed by atoms with Gasteiger partial charge in [-0.15, -0.1) is 0 Å². The van der Waals surface area contributed by atoms with Crippen LogP contribution in [0.3, 0.4) is 0 Å². The first-order chi connectivity index (χ1) is 6.86. The minimum Gasteiger partial charge on any atom is -0.313 e. The third-order valence-electron chi connectivity index (χ3n) is 3.02. The minimum absolute atomic E-state index is 0.631. The van der Waals surface area contributed by atoms with Crippen LogP contribution in [-0.2, 0) is 6.42 Å². The van der Waals surface area contributed by atoms with Gasteiger partial charge in [-0.1, -0.05) is 37.3 Å². The normalized spacial score (nSPS) is 27.5. The van der Waals surface area contributed by atoms with Gasteiger partial charge in [0.2, 0.25) is 0 Å². The second-order valence-corrected chi connectivity index (χ2v) is 4.13. The lowest BCUT2D eigenvalue weighted by Crippen LogP contribution is -2.41. The fourth-order valence-corrected chi connectivity index (χ4v) is 2.09. The molecule has 1 radical (unpaired) electrons. The summed E-state index contributed by atoms with van der Waals surface area (Å²) < 4.78 is 0. The lowest BCUT2D eigenvalue weighted by Gasteiger charge is -2.29. The zero-order chi connectivity index (χ0) is 9.80. The van der Waals surface area contributed by atoms with Crippen LogP contribution in [0.1, 0.15) is 18.9 Å². The molecule has 0 spiro atoms. The van der Waals surface area contributed by atoms with E-state index in [1.54, 1.807) is 0 Å². The van der Waals surface area contributed by atoms with Gasteiger partial charge >= 0.3 is 0 Å². The van der Waals surface area contributed by atoms with Gasteiger partial charge in [0.15, 0.2) is 0 Å². The summed E-state index contributed by atoms with van der Waals surface area (Å²) in [6.45, 7) is 3.45. The molecule has 1 heteroatoms. The van der Waals surface area contributed by atoms with Crippen LogP contribution in [0.15, 0.2) is 30.3 Å². The smallest absolute Gasteiger partial charge is 0.0136 e. The third-order valence-corrected chi connectivity index (χ3v) is 3.02. The van der Waals surface area contributed by atoms with Gasteiger partial charge in [-0.25, -0.2) is 0 Å². The molecule has 0 amide bonds. The summed E-state index contributed by atoms with van der Waals surface area (Å²) in [5.74, 6) is 0.698. The van der Waals surface area contributed by atoms with Crippen LogP contribution >= 0.6 is 0 Å². The van der Waals surface area contributed by atoms with E-state index >= 15 is 0 Å². The van der Waals surface area contributed by atoms with E-state index in [0.29, 0.717) is 12.0 Å². The Bertz CT molecular complexity index is 268. The predicted octanol–water partition coefficient (Wildman–Crippen LogP) is 2.43. The number of benzene rings is 1. The summed E-state index contributed by atoms with van der Waals surface area (Å²) in [7, 11) is 0. The number of rotatable bonds is 2. The molecule has 1 aliphatic heterocycles. The first-order valence-corrected chi connectivity index (χ1v) is 5.47. The monoisotopic (exact) mass is 188 g/mol. The summed E-state index contributed by atoms with van der Waals surface area (Å²) >= 11 is 0. The molecule has 2 rings (SSSR count). The van der Waals surface area contributed by atoms with Crippen molar-refractivity contribution in [3.63, 3.8) is 0 Å². The summed E-state index contributed by atoms with van der Waals surface area (Å²) in [5, 5.41) is 3.59. The fraction of sp³-hybridized carbons (Fsp3) is 0.462. The van der Waals surface area contributed by atoms with E-state index in [1.807, 2.05) is 0 Å². The Morgan fingerprint density at radius 3 is 2.79 bits per heavy atom. The number of hydrogen-bond donors (Lipinski definition) is 1. The van der Waals surface area contributed by atoms with Crippen LogP contribution < -0.4 is 5.32 Å². The molecule has 1 saturated heterocycles. The van der Waals surface area contributed by atoms with Crippen molar-refractivity contribution >= 4 is 0 Å². The molecule has 1 aromatic rings. The van der Waals surface area contributed by atoms with Crippen molar-refractivity contribution < 1.29 is 0 Å². The van der Waals surface area contributed by atoms with E-state index in [-0.39, 0.29) is 0 Å². The summed E-state index contributed by atoms with van der Waals surface area (Å²) in [5.41, 5.74) is 1.44. The highest BCUT2D eigenvalue weighted by molar-refractivity contribution is 5.16. The highest BCUT2D eigenvalue weighted by atomic mass is 14.9. The molecule has 1 N–H and O–H groups in total. The largest absolute Gasteiger partial charge is 0.313 e. The van der Waals surface area contributed by atoms with Crippen molar-refractivity contribution in [1.29, 1.82) is 0 Å². The van der Waals surface area contributed by atoms with Gasteiger partial charge < -0.3 is 5.32 Å². The third kappa shape index (κ3) is 2.36. The second kappa shape index (κ2) is 4.61. The summed E-state index contributed by atoms with van der Waals surface area (Å²) in [6.07, 6.45) is 4.80. The van der Waals surface area contributed by atoms with E-state index in [0.717, 1.165) is 13.0 Å². The van der Waals surface area contributed by atoms with E-state index < -0.39 is 0 Å². The molecule has 2 atom stereocenters. The van der Waals surface area contributed by atoms with E-state index in [2.05, 4.69) is 49.0 Å². The van der Waals surface area contributed by atoms with E-state index in [4.69, 9.17) is 0 Å². The molecule has 1 aliphatic rings. The molecule has 1 nitrogen and oxygen atoms in total. The Balaban J connectivity index is 1.96. The standard InChI is InChI=1S/C13H18N/c1-11-6-5-9-14-13(11)10-12-7-3-2-4-8-12/h2-4,6-8,11,13-14H,5,9-10H2,1H3. The first-order valence-electron chi connectivity index (χ1n) is 5.47. The lowest BCUT2D eigenvalue weighted by atomic mass is 9.88. The summed E-state index contributed by atoms with van der Waals surface area (Å²) in [6, 6.07) is 11.4. The Hall–Kier alpha value is -0.820. The van der Waals surface area contributed by atoms with Crippen molar-refractivity contribution in [2.45, 2.75) is 25.8 Å². The van der Waals surface area contributed by atoms with Crippen LogP contribution in [0.4, 0.5) is 0 Å². The molecule has 0 bridgehead atoms. The molecule has 0 aromatic heterocycles. The van der Waals surface area contributed by atoms with Crippen LogP contribution in [-0.4, -0.2) is 12.6 Å². The Morgan fingerprint density at radius 1 is 1.29 bits per heavy atom. The SMILES string of the molecule is CC1[CH]CCNC1Cc1ccccc1. The van der Waals surface area contributed by atoms with Gasteiger partial charge in [-0.2, -0.15) is 0 Å². The van der Waals surface area contributed by atoms with Crippen molar-refractivity contribution in [2.24, 2.45) is 5.92 Å². The van der Waals surface area contributed by atoms with Gasteiger partial charge in [-0.05, 0) is 37.3 Å². The van der Waals surface area contributed by atoms with Gasteiger partial charge in [0.1, 0.15) is 0 Å². The Labute approximate surface area is 86.5 Å². The van der Waals surface area contributed by atoms with E-state index in [9.17, 15) is 0 Å². The molecule has 14 heavy (non-hydrogen) atoms. The molecule has 1 heterocycles. The molecule has 0 aliphatic carbocycles. The zero-order valence-corrected chi connectivity index (χ0v) is 8.74. The molecule has 75 valence electrons. The van der Waals surface area contributed by atoms with Crippen molar-refractivity contribution in [1.82, 2.24) is 5.32 Å². The van der Waals surface area contributed by atoms with Crippen LogP contribution in [0.2, 0.25) is 0 Å². The van der Waals surface area contributed by atoms with Crippen LogP contribution in [0.5, 0.6) is 0 Å². The maximum atomic E-state index is 3.59. The average Bonchev–Trinajstić information content (AvgIpc) is 2.23. The van der Waals surface area contributed by atoms with Crippen molar-refractivity contribution in [3.05, 3.63) is 42.3 Å². The van der Waals surface area contributed by atoms with Crippen molar-refractivity contribution in [3.8, 4) is 0 Å². The Morgan fingerprint density at radius 2 is 2.07 bits per heavy atom. The van der Waals surface area contributed by atoms with Gasteiger partial charge in [0.25, 0.3) is 0 Å². The molecular formula is C13H18N. The Kier molecular flexibility index (Phi) is 3.20.